The molecule has 2 unspecified atom stereocenters. The Labute approximate surface area is 189 Å². The van der Waals surface area contributed by atoms with Crippen molar-refractivity contribution in [2.75, 3.05) is 23.8 Å². The van der Waals surface area contributed by atoms with Gasteiger partial charge in [0.25, 0.3) is 0 Å². The fraction of sp³-hybridized carbons (Fsp3) is 0.500. The van der Waals surface area contributed by atoms with E-state index < -0.39 is 24.0 Å². The van der Waals surface area contributed by atoms with Crippen molar-refractivity contribution in [1.82, 2.24) is 4.90 Å². The molecule has 0 radical (unpaired) electrons. The zero-order chi connectivity index (χ0) is 16.8. The minimum atomic E-state index is -1.33. The van der Waals surface area contributed by atoms with Crippen LogP contribution < -0.4 is 4.90 Å². The van der Waals surface area contributed by atoms with Crippen LogP contribution in [0, 0.1) is 5.41 Å². The molecule has 1 aromatic rings. The Balaban J connectivity index is 0.00000208. The van der Waals surface area contributed by atoms with E-state index in [1.807, 2.05) is 11.4 Å². The molecule has 2 amide bonds. The number of amides is 2. The molecule has 0 spiro atoms. The zero-order valence-electron chi connectivity index (χ0n) is 12.3. The summed E-state index contributed by atoms with van der Waals surface area (Å²) in [6.07, 6.45) is 0. The monoisotopic (exact) mass is 396 g/mol. The van der Waals surface area contributed by atoms with Gasteiger partial charge in [0.2, 0.25) is 11.8 Å². The Bertz CT molecular complexity index is 656. The molecule has 0 bridgehead atoms. The molecule has 0 aromatic carbocycles. The van der Waals surface area contributed by atoms with Gasteiger partial charge in [0, 0.05) is 19.2 Å². The normalized spacial score (nSPS) is 28.4. The average Bonchev–Trinajstić information content (AvgIpc) is 3.04. The molecule has 2 fully saturated rings. The number of thioether (sulfide) groups is 1. The molecular formula is C14H17KN2O5S2. The molecular weight excluding hydrogens is 379 g/mol. The first-order valence-corrected chi connectivity index (χ1v) is 8.94. The van der Waals surface area contributed by atoms with Crippen molar-refractivity contribution in [3.05, 3.63) is 17.5 Å². The fourth-order valence-electron chi connectivity index (χ4n) is 2.90. The van der Waals surface area contributed by atoms with Crippen LogP contribution in [-0.4, -0.2) is 115 Å². The van der Waals surface area contributed by atoms with Crippen LogP contribution in [0.3, 0.4) is 0 Å². The molecule has 2 aliphatic heterocycles. The summed E-state index contributed by atoms with van der Waals surface area (Å²) in [5.74, 6) is -1.39. The van der Waals surface area contributed by atoms with Gasteiger partial charge in [-0.1, -0.05) is 0 Å². The SMILES string of the molecule is CC(=O)N(c1cccs1)C1C(=O)N2CC(CO)(C(=O)O)CS[C@H]12.[KH]. The van der Waals surface area contributed by atoms with Gasteiger partial charge in [-0.2, -0.15) is 0 Å². The Morgan fingerprint density at radius 1 is 1.50 bits per heavy atom. The predicted octanol–water partition coefficient (Wildman–Crippen LogP) is -0.200. The van der Waals surface area contributed by atoms with E-state index in [9.17, 15) is 24.6 Å². The molecule has 126 valence electrons. The number of aliphatic hydroxyl groups excluding tert-OH is 1. The van der Waals surface area contributed by atoms with Crippen molar-refractivity contribution in [2.24, 2.45) is 5.41 Å². The van der Waals surface area contributed by atoms with E-state index in [2.05, 4.69) is 0 Å². The van der Waals surface area contributed by atoms with Gasteiger partial charge < -0.3 is 15.1 Å². The number of β-lactam (4-membered cyclic amide) rings is 1. The summed E-state index contributed by atoms with van der Waals surface area (Å²) in [5.41, 5.74) is -1.33. The molecule has 3 atom stereocenters. The molecule has 2 N–H and O–H groups in total. The average molecular weight is 397 g/mol. The summed E-state index contributed by atoms with van der Waals surface area (Å²) in [6.45, 7) is 0.873. The molecule has 2 saturated heterocycles. The van der Waals surface area contributed by atoms with E-state index in [-0.39, 0.29) is 80.9 Å². The van der Waals surface area contributed by atoms with Crippen molar-refractivity contribution in [1.29, 1.82) is 0 Å². The van der Waals surface area contributed by atoms with Crippen LogP contribution in [0.1, 0.15) is 6.92 Å². The first-order chi connectivity index (χ1) is 10.9. The molecule has 0 saturated carbocycles. The number of carbonyl (C=O) groups excluding carboxylic acids is 2. The Morgan fingerprint density at radius 2 is 2.21 bits per heavy atom. The van der Waals surface area contributed by atoms with Gasteiger partial charge >= 0.3 is 57.4 Å². The number of anilines is 1. The summed E-state index contributed by atoms with van der Waals surface area (Å²) in [4.78, 5) is 38.9. The number of fused-ring (bicyclic) bond motifs is 1. The van der Waals surface area contributed by atoms with E-state index >= 15 is 0 Å². The van der Waals surface area contributed by atoms with Gasteiger partial charge in [-0.3, -0.25) is 19.3 Å². The van der Waals surface area contributed by atoms with Crippen molar-refractivity contribution >= 4 is 97.3 Å². The van der Waals surface area contributed by atoms with Crippen molar-refractivity contribution in [3.63, 3.8) is 0 Å². The van der Waals surface area contributed by atoms with E-state index in [4.69, 9.17) is 0 Å². The molecule has 3 heterocycles. The number of thiophene rings is 1. The number of carboxylic acids is 1. The van der Waals surface area contributed by atoms with Crippen molar-refractivity contribution < 1.29 is 24.6 Å². The Morgan fingerprint density at radius 3 is 2.71 bits per heavy atom. The third kappa shape index (κ3) is 3.23. The quantitative estimate of drug-likeness (QED) is 0.540. The minimum absolute atomic E-state index is 0. The van der Waals surface area contributed by atoms with Crippen LogP contribution in [0.2, 0.25) is 0 Å². The van der Waals surface area contributed by atoms with E-state index in [1.165, 1.54) is 39.8 Å². The fourth-order valence-corrected chi connectivity index (χ4v) is 5.28. The summed E-state index contributed by atoms with van der Waals surface area (Å²) in [6, 6.07) is 2.98. The second-order valence-electron chi connectivity index (χ2n) is 5.70. The van der Waals surface area contributed by atoms with Crippen LogP contribution in [0.5, 0.6) is 0 Å². The predicted molar refractivity (Wildman–Crippen MR) is 93.5 cm³/mol. The number of carbonyl (C=O) groups is 3. The number of hydrogen-bond acceptors (Lipinski definition) is 6. The van der Waals surface area contributed by atoms with Gasteiger partial charge in [0.05, 0.1) is 11.6 Å². The van der Waals surface area contributed by atoms with Crippen LogP contribution >= 0.6 is 23.1 Å². The topological polar surface area (TPSA) is 98.2 Å². The summed E-state index contributed by atoms with van der Waals surface area (Å²) in [5, 5.41) is 21.1. The number of carboxylic acid groups (broad SMARTS) is 1. The second kappa shape index (κ2) is 7.74. The van der Waals surface area contributed by atoms with Crippen LogP contribution in [-0.2, 0) is 14.4 Å². The number of hydrogen-bond donors (Lipinski definition) is 2. The summed E-state index contributed by atoms with van der Waals surface area (Å²) < 4.78 is 0. The van der Waals surface area contributed by atoms with E-state index in [0.29, 0.717) is 5.00 Å². The second-order valence-corrected chi connectivity index (χ2v) is 7.73. The molecule has 24 heavy (non-hydrogen) atoms. The Hall–Kier alpha value is 0.0564. The first-order valence-electron chi connectivity index (χ1n) is 7.01. The van der Waals surface area contributed by atoms with Crippen molar-refractivity contribution in [3.8, 4) is 0 Å². The van der Waals surface area contributed by atoms with Gasteiger partial charge in [0.1, 0.15) is 16.8 Å². The van der Waals surface area contributed by atoms with Gasteiger partial charge in [-0.05, 0) is 17.5 Å². The molecule has 3 rings (SSSR count). The van der Waals surface area contributed by atoms with E-state index in [1.54, 1.807) is 6.07 Å². The van der Waals surface area contributed by atoms with Crippen LogP contribution in [0.4, 0.5) is 5.00 Å². The summed E-state index contributed by atoms with van der Waals surface area (Å²) >= 11 is 2.68. The zero-order valence-corrected chi connectivity index (χ0v) is 14.0. The standard InChI is InChI=1S/C14H16N2O5S2.K.H/c1-8(18)16(9-3-2-4-22-9)10-11(19)15-5-14(6-17,13(20)21)7-23-12(10)15;;/h2-4,10,12,17H,5-7H2,1H3,(H,20,21);;/t10?,12-,14?;;/m1../s1. The van der Waals surface area contributed by atoms with Gasteiger partial charge in [0.15, 0.2) is 0 Å². The van der Waals surface area contributed by atoms with Crippen LogP contribution in [0.15, 0.2) is 17.5 Å². The molecule has 0 aliphatic carbocycles. The van der Waals surface area contributed by atoms with Crippen LogP contribution in [0.25, 0.3) is 0 Å². The molecule has 7 nitrogen and oxygen atoms in total. The van der Waals surface area contributed by atoms with Gasteiger partial charge in [-0.25, -0.2) is 0 Å². The van der Waals surface area contributed by atoms with Crippen molar-refractivity contribution in [2.45, 2.75) is 18.3 Å². The first kappa shape index (κ1) is 20.4. The molecule has 10 heteroatoms. The maximum atomic E-state index is 12.5. The number of aliphatic carboxylic acids is 1. The number of rotatable bonds is 4. The van der Waals surface area contributed by atoms with Gasteiger partial charge in [-0.15, -0.1) is 23.1 Å². The molecule has 1 aromatic heterocycles. The maximum absolute atomic E-state index is 12.5. The Kier molecular flexibility index (Phi) is 6.57. The number of nitrogens with zero attached hydrogens (tertiary/aromatic N) is 2. The molecule has 2 aliphatic rings. The third-order valence-electron chi connectivity index (χ3n) is 4.23. The van der Waals surface area contributed by atoms with E-state index in [0.717, 1.165) is 0 Å². The number of aliphatic hydroxyl groups is 1. The third-order valence-corrected chi connectivity index (χ3v) is 6.67. The summed E-state index contributed by atoms with van der Waals surface area (Å²) in [7, 11) is 0.